The van der Waals surface area contributed by atoms with Crippen LogP contribution in [0.3, 0.4) is 0 Å². The van der Waals surface area contributed by atoms with Crippen LogP contribution in [0, 0.1) is 0 Å². The maximum Gasteiger partial charge on any atom is 0.213 e. The minimum absolute atomic E-state index is 0.222. The Morgan fingerprint density at radius 2 is 1.77 bits per heavy atom. The SMILES string of the molecule is CCc1ccc(-n2c(CCN(C)C)nnc2C2CCC(Oc3ccccn3)CC2)cc1. The number of rotatable bonds is 8. The maximum atomic E-state index is 6.09. The van der Waals surface area contributed by atoms with Gasteiger partial charge in [-0.2, -0.15) is 0 Å². The summed E-state index contributed by atoms with van der Waals surface area (Å²) in [4.78, 5) is 6.50. The minimum atomic E-state index is 0.222. The molecule has 6 nitrogen and oxygen atoms in total. The predicted molar refractivity (Wildman–Crippen MR) is 123 cm³/mol. The molecule has 0 radical (unpaired) electrons. The van der Waals surface area contributed by atoms with E-state index in [9.17, 15) is 0 Å². The Labute approximate surface area is 185 Å². The first-order valence-electron chi connectivity index (χ1n) is 11.4. The molecule has 0 unspecified atom stereocenters. The number of benzene rings is 1. The van der Waals surface area contributed by atoms with Crippen LogP contribution in [0.5, 0.6) is 5.88 Å². The molecule has 4 rings (SSSR count). The van der Waals surface area contributed by atoms with Gasteiger partial charge in [-0.3, -0.25) is 4.57 Å². The number of aryl methyl sites for hydroxylation is 1. The summed E-state index contributed by atoms with van der Waals surface area (Å²) in [5.74, 6) is 3.25. The minimum Gasteiger partial charge on any atom is -0.474 e. The van der Waals surface area contributed by atoms with Gasteiger partial charge in [-0.25, -0.2) is 4.98 Å². The van der Waals surface area contributed by atoms with Crippen LogP contribution in [0.1, 0.15) is 55.7 Å². The Bertz CT molecular complexity index is 944. The number of hydrogen-bond acceptors (Lipinski definition) is 5. The van der Waals surface area contributed by atoms with E-state index >= 15 is 0 Å². The van der Waals surface area contributed by atoms with Gasteiger partial charge in [0, 0.05) is 36.8 Å². The molecule has 6 heteroatoms. The molecule has 1 aliphatic rings. The third-order valence-corrected chi connectivity index (χ3v) is 6.11. The zero-order valence-electron chi connectivity index (χ0n) is 18.9. The lowest BCUT2D eigenvalue weighted by atomic mass is 9.86. The zero-order chi connectivity index (χ0) is 21.6. The molecule has 1 aliphatic carbocycles. The smallest absolute Gasteiger partial charge is 0.213 e. The van der Waals surface area contributed by atoms with Crippen molar-refractivity contribution in [3.8, 4) is 11.6 Å². The molecule has 0 amide bonds. The highest BCUT2D eigenvalue weighted by Gasteiger charge is 2.28. The maximum absolute atomic E-state index is 6.09. The van der Waals surface area contributed by atoms with E-state index < -0.39 is 0 Å². The highest BCUT2D eigenvalue weighted by molar-refractivity contribution is 5.37. The summed E-state index contributed by atoms with van der Waals surface area (Å²) < 4.78 is 8.39. The van der Waals surface area contributed by atoms with Crippen LogP contribution >= 0.6 is 0 Å². The lowest BCUT2D eigenvalue weighted by molar-refractivity contribution is 0.139. The Morgan fingerprint density at radius 3 is 2.42 bits per heavy atom. The van der Waals surface area contributed by atoms with Gasteiger partial charge in [-0.15, -0.1) is 10.2 Å². The topological polar surface area (TPSA) is 56.1 Å². The van der Waals surface area contributed by atoms with Crippen molar-refractivity contribution in [2.24, 2.45) is 0 Å². The summed E-state index contributed by atoms with van der Waals surface area (Å²) in [5, 5.41) is 9.30. The van der Waals surface area contributed by atoms with Gasteiger partial charge < -0.3 is 9.64 Å². The Balaban J connectivity index is 1.52. The number of likely N-dealkylation sites (N-methyl/N-ethyl adjacent to an activating group) is 1. The number of nitrogens with zero attached hydrogens (tertiary/aromatic N) is 5. The standard InChI is InChI=1S/C25H33N5O/c1-4-19-8-12-21(13-9-19)30-23(16-18-29(2)3)27-28-25(30)20-10-14-22(15-11-20)31-24-7-5-6-17-26-24/h5-9,12-13,17,20,22H,4,10-11,14-16,18H2,1-3H3. The first kappa shape index (κ1) is 21.5. The summed E-state index contributed by atoms with van der Waals surface area (Å²) in [6, 6.07) is 14.7. The van der Waals surface area contributed by atoms with Crippen molar-refractivity contribution in [1.82, 2.24) is 24.6 Å². The first-order chi connectivity index (χ1) is 15.1. The van der Waals surface area contributed by atoms with Crippen molar-refractivity contribution in [3.05, 3.63) is 65.9 Å². The van der Waals surface area contributed by atoms with Gasteiger partial charge in [-0.1, -0.05) is 25.1 Å². The number of aromatic nitrogens is 4. The van der Waals surface area contributed by atoms with E-state index in [0.29, 0.717) is 5.92 Å². The van der Waals surface area contributed by atoms with Gasteiger partial charge in [0.15, 0.2) is 0 Å². The molecule has 1 aromatic carbocycles. The third kappa shape index (κ3) is 5.31. The van der Waals surface area contributed by atoms with E-state index in [1.165, 1.54) is 5.56 Å². The van der Waals surface area contributed by atoms with Crippen LogP contribution < -0.4 is 4.74 Å². The van der Waals surface area contributed by atoms with Crippen LogP contribution in [-0.4, -0.2) is 51.4 Å². The van der Waals surface area contributed by atoms with Crippen molar-refractivity contribution in [1.29, 1.82) is 0 Å². The normalized spacial score (nSPS) is 19.0. The van der Waals surface area contributed by atoms with Crippen molar-refractivity contribution in [2.75, 3.05) is 20.6 Å². The van der Waals surface area contributed by atoms with Gasteiger partial charge in [0.1, 0.15) is 17.8 Å². The summed E-state index contributed by atoms with van der Waals surface area (Å²) in [6.07, 6.45) is 8.05. The fraction of sp³-hybridized carbons (Fsp3) is 0.480. The van der Waals surface area contributed by atoms with Crippen molar-refractivity contribution >= 4 is 0 Å². The zero-order valence-corrected chi connectivity index (χ0v) is 18.9. The second-order valence-corrected chi connectivity index (χ2v) is 8.64. The molecule has 0 N–H and O–H groups in total. The Hall–Kier alpha value is -2.73. The summed E-state index contributed by atoms with van der Waals surface area (Å²) >= 11 is 0. The second kappa shape index (κ2) is 10.1. The van der Waals surface area contributed by atoms with E-state index in [4.69, 9.17) is 4.74 Å². The van der Waals surface area contributed by atoms with E-state index in [2.05, 4.69) is 69.9 Å². The van der Waals surface area contributed by atoms with E-state index in [0.717, 1.165) is 68.3 Å². The molecule has 0 aliphatic heterocycles. The second-order valence-electron chi connectivity index (χ2n) is 8.64. The monoisotopic (exact) mass is 419 g/mol. The molecule has 164 valence electrons. The van der Waals surface area contributed by atoms with E-state index in [1.54, 1.807) is 6.20 Å². The lowest BCUT2D eigenvalue weighted by Gasteiger charge is -2.28. The highest BCUT2D eigenvalue weighted by Crippen LogP contribution is 2.35. The quantitative estimate of drug-likeness (QED) is 0.540. The highest BCUT2D eigenvalue weighted by atomic mass is 16.5. The summed E-state index contributed by atoms with van der Waals surface area (Å²) in [7, 11) is 4.20. The van der Waals surface area contributed by atoms with Gasteiger partial charge >= 0.3 is 0 Å². The van der Waals surface area contributed by atoms with Crippen molar-refractivity contribution < 1.29 is 4.74 Å². The molecule has 1 saturated carbocycles. The molecule has 31 heavy (non-hydrogen) atoms. The van der Waals surface area contributed by atoms with Crippen molar-refractivity contribution in [2.45, 2.75) is 57.5 Å². The lowest BCUT2D eigenvalue weighted by Crippen LogP contribution is -2.25. The molecule has 2 heterocycles. The van der Waals surface area contributed by atoms with Gasteiger partial charge in [0.05, 0.1) is 0 Å². The molecule has 3 aromatic rings. The molecule has 0 bridgehead atoms. The van der Waals surface area contributed by atoms with E-state index in [1.807, 2.05) is 18.2 Å². The van der Waals surface area contributed by atoms with Gasteiger partial charge in [0.25, 0.3) is 0 Å². The van der Waals surface area contributed by atoms with Crippen LogP contribution in [0.4, 0.5) is 0 Å². The Morgan fingerprint density at radius 1 is 1.00 bits per heavy atom. The van der Waals surface area contributed by atoms with Crippen molar-refractivity contribution in [3.63, 3.8) is 0 Å². The van der Waals surface area contributed by atoms with Gasteiger partial charge in [0.2, 0.25) is 5.88 Å². The predicted octanol–water partition coefficient (Wildman–Crippen LogP) is 4.43. The molecule has 0 atom stereocenters. The molecule has 0 spiro atoms. The largest absolute Gasteiger partial charge is 0.474 e. The molecular weight excluding hydrogens is 386 g/mol. The van der Waals surface area contributed by atoms with Crippen LogP contribution in [-0.2, 0) is 12.8 Å². The fourth-order valence-corrected chi connectivity index (χ4v) is 4.27. The van der Waals surface area contributed by atoms with Crippen LogP contribution in [0.2, 0.25) is 0 Å². The first-order valence-corrected chi connectivity index (χ1v) is 11.4. The Kier molecular flexibility index (Phi) is 6.97. The summed E-state index contributed by atoms with van der Waals surface area (Å²) in [6.45, 7) is 3.14. The average Bonchev–Trinajstić information content (AvgIpc) is 3.23. The molecular formula is C25H33N5O. The number of ether oxygens (including phenoxy) is 1. The number of pyridine rings is 1. The van der Waals surface area contributed by atoms with Crippen LogP contribution in [0.25, 0.3) is 5.69 Å². The third-order valence-electron chi connectivity index (χ3n) is 6.11. The average molecular weight is 420 g/mol. The molecule has 0 saturated heterocycles. The molecule has 1 fully saturated rings. The summed E-state index contributed by atoms with van der Waals surface area (Å²) in [5.41, 5.74) is 2.51. The number of hydrogen-bond donors (Lipinski definition) is 0. The van der Waals surface area contributed by atoms with Gasteiger partial charge in [-0.05, 0) is 70.0 Å². The molecule has 2 aromatic heterocycles. The fourth-order valence-electron chi connectivity index (χ4n) is 4.27. The van der Waals surface area contributed by atoms with Crippen LogP contribution in [0.15, 0.2) is 48.7 Å². The van der Waals surface area contributed by atoms with E-state index in [-0.39, 0.29) is 6.10 Å².